The van der Waals surface area contributed by atoms with Gasteiger partial charge in [-0.25, -0.2) is 9.97 Å². The highest BCUT2D eigenvalue weighted by molar-refractivity contribution is 9.10. The predicted octanol–water partition coefficient (Wildman–Crippen LogP) is 4.68. The SMILES string of the molecule is CC(C)Cc1nc(Cc2ccccc2)nc(Cl)c1Br. The Labute approximate surface area is 127 Å². The lowest BCUT2D eigenvalue weighted by atomic mass is 10.1. The molecule has 1 aromatic carbocycles. The van der Waals surface area contributed by atoms with E-state index in [1.165, 1.54) is 5.56 Å². The van der Waals surface area contributed by atoms with Crippen LogP contribution in [0.15, 0.2) is 34.8 Å². The quantitative estimate of drug-likeness (QED) is 0.756. The zero-order valence-corrected chi connectivity index (χ0v) is 13.4. The molecule has 2 nitrogen and oxygen atoms in total. The maximum absolute atomic E-state index is 6.17. The molecule has 0 spiro atoms. The third-order valence-corrected chi connectivity index (χ3v) is 4.07. The van der Waals surface area contributed by atoms with Crippen LogP contribution >= 0.6 is 27.5 Å². The van der Waals surface area contributed by atoms with Gasteiger partial charge in [0.15, 0.2) is 0 Å². The van der Waals surface area contributed by atoms with Crippen LogP contribution in [-0.4, -0.2) is 9.97 Å². The van der Waals surface area contributed by atoms with Crippen molar-refractivity contribution in [2.75, 3.05) is 0 Å². The lowest BCUT2D eigenvalue weighted by Crippen LogP contribution is -2.05. The lowest BCUT2D eigenvalue weighted by molar-refractivity contribution is 0.628. The molecule has 0 atom stereocenters. The highest BCUT2D eigenvalue weighted by atomic mass is 79.9. The van der Waals surface area contributed by atoms with Crippen molar-refractivity contribution in [3.63, 3.8) is 0 Å². The Morgan fingerprint density at radius 1 is 1.16 bits per heavy atom. The van der Waals surface area contributed by atoms with Crippen molar-refractivity contribution in [2.24, 2.45) is 5.92 Å². The van der Waals surface area contributed by atoms with Gasteiger partial charge in [0.1, 0.15) is 11.0 Å². The minimum absolute atomic E-state index is 0.497. The van der Waals surface area contributed by atoms with E-state index in [9.17, 15) is 0 Å². The summed E-state index contributed by atoms with van der Waals surface area (Å²) in [7, 11) is 0. The Morgan fingerprint density at radius 2 is 1.84 bits per heavy atom. The lowest BCUT2D eigenvalue weighted by Gasteiger charge is -2.10. The van der Waals surface area contributed by atoms with Crippen LogP contribution in [0.25, 0.3) is 0 Å². The van der Waals surface area contributed by atoms with Gasteiger partial charge in [-0.2, -0.15) is 0 Å². The van der Waals surface area contributed by atoms with Crippen molar-refractivity contribution < 1.29 is 0 Å². The molecule has 0 fully saturated rings. The smallest absolute Gasteiger partial charge is 0.147 e. The number of rotatable bonds is 4. The van der Waals surface area contributed by atoms with E-state index in [-0.39, 0.29) is 0 Å². The van der Waals surface area contributed by atoms with Crippen molar-refractivity contribution >= 4 is 27.5 Å². The summed E-state index contributed by atoms with van der Waals surface area (Å²) in [6.07, 6.45) is 1.60. The van der Waals surface area contributed by atoms with E-state index in [0.29, 0.717) is 17.5 Å². The predicted molar refractivity (Wildman–Crippen MR) is 82.5 cm³/mol. The third-order valence-electron chi connectivity index (χ3n) is 2.73. The van der Waals surface area contributed by atoms with E-state index in [4.69, 9.17) is 11.6 Å². The Balaban J connectivity index is 2.29. The van der Waals surface area contributed by atoms with Gasteiger partial charge >= 0.3 is 0 Å². The summed E-state index contributed by atoms with van der Waals surface area (Å²) >= 11 is 9.64. The minimum atomic E-state index is 0.497. The first-order chi connectivity index (χ1) is 9.06. The van der Waals surface area contributed by atoms with Crippen molar-refractivity contribution in [1.29, 1.82) is 0 Å². The summed E-state index contributed by atoms with van der Waals surface area (Å²) < 4.78 is 0.819. The van der Waals surface area contributed by atoms with Crippen LogP contribution in [0.1, 0.15) is 30.9 Å². The first kappa shape index (κ1) is 14.5. The molecule has 0 aliphatic carbocycles. The molecule has 0 aliphatic rings. The summed E-state index contributed by atoms with van der Waals surface area (Å²) in [4.78, 5) is 8.97. The van der Waals surface area contributed by atoms with E-state index in [2.05, 4.69) is 51.9 Å². The van der Waals surface area contributed by atoms with Gasteiger partial charge in [-0.05, 0) is 33.8 Å². The molecule has 0 radical (unpaired) electrons. The van der Waals surface area contributed by atoms with Gasteiger partial charge < -0.3 is 0 Å². The summed E-state index contributed by atoms with van der Waals surface area (Å²) in [6.45, 7) is 4.33. The number of nitrogens with zero attached hydrogens (tertiary/aromatic N) is 2. The zero-order valence-electron chi connectivity index (χ0n) is 11.0. The Hall–Kier alpha value is -0.930. The van der Waals surface area contributed by atoms with Crippen LogP contribution in [-0.2, 0) is 12.8 Å². The molecule has 1 heterocycles. The number of aromatic nitrogens is 2. The molecule has 2 rings (SSSR count). The molecule has 2 aromatic rings. The fraction of sp³-hybridized carbons (Fsp3) is 0.333. The fourth-order valence-corrected chi connectivity index (χ4v) is 2.44. The van der Waals surface area contributed by atoms with E-state index >= 15 is 0 Å². The summed E-state index contributed by atoms with van der Waals surface area (Å²) in [5, 5.41) is 0.497. The van der Waals surface area contributed by atoms with Crippen LogP contribution in [0.2, 0.25) is 5.15 Å². The van der Waals surface area contributed by atoms with E-state index in [0.717, 1.165) is 22.4 Å². The van der Waals surface area contributed by atoms with E-state index in [1.54, 1.807) is 0 Å². The standard InChI is InChI=1S/C15H16BrClN2/c1-10(2)8-12-14(16)15(17)19-13(18-12)9-11-6-4-3-5-7-11/h3-7,10H,8-9H2,1-2H3. The zero-order chi connectivity index (χ0) is 13.8. The van der Waals surface area contributed by atoms with Crippen LogP contribution in [0, 0.1) is 5.92 Å². The van der Waals surface area contributed by atoms with Crippen LogP contribution in [0.5, 0.6) is 0 Å². The second-order valence-corrected chi connectivity index (χ2v) is 6.10. The minimum Gasteiger partial charge on any atom is -0.236 e. The molecular weight excluding hydrogens is 324 g/mol. The molecule has 100 valence electrons. The molecule has 0 saturated carbocycles. The summed E-state index contributed by atoms with van der Waals surface area (Å²) in [5.74, 6) is 1.31. The average Bonchev–Trinajstić information content (AvgIpc) is 2.36. The van der Waals surface area contributed by atoms with Gasteiger partial charge in [-0.3, -0.25) is 0 Å². The Kier molecular flexibility index (Phi) is 4.94. The van der Waals surface area contributed by atoms with Gasteiger partial charge in [0.05, 0.1) is 10.2 Å². The van der Waals surface area contributed by atoms with Crippen molar-refractivity contribution in [3.05, 3.63) is 57.0 Å². The highest BCUT2D eigenvalue weighted by Crippen LogP contribution is 2.26. The normalized spacial score (nSPS) is 11.0. The molecule has 0 saturated heterocycles. The average molecular weight is 340 g/mol. The van der Waals surface area contributed by atoms with Crippen molar-refractivity contribution in [1.82, 2.24) is 9.97 Å². The van der Waals surface area contributed by atoms with Gasteiger partial charge in [0.2, 0.25) is 0 Å². The molecule has 19 heavy (non-hydrogen) atoms. The summed E-state index contributed by atoms with van der Waals surface area (Å²) in [5.41, 5.74) is 2.18. The first-order valence-corrected chi connectivity index (χ1v) is 7.48. The molecule has 0 amide bonds. The molecule has 0 N–H and O–H groups in total. The second-order valence-electron chi connectivity index (χ2n) is 4.95. The third kappa shape index (κ3) is 4.02. The fourth-order valence-electron chi connectivity index (χ4n) is 1.89. The summed E-state index contributed by atoms with van der Waals surface area (Å²) in [6, 6.07) is 10.2. The van der Waals surface area contributed by atoms with Gasteiger partial charge in [0.25, 0.3) is 0 Å². The van der Waals surface area contributed by atoms with Crippen LogP contribution in [0.3, 0.4) is 0 Å². The second kappa shape index (κ2) is 6.49. The maximum atomic E-state index is 6.17. The van der Waals surface area contributed by atoms with Gasteiger partial charge in [-0.15, -0.1) is 0 Å². The Bertz CT molecular complexity index is 556. The van der Waals surface area contributed by atoms with Gasteiger partial charge in [0, 0.05) is 6.42 Å². The molecule has 0 bridgehead atoms. The van der Waals surface area contributed by atoms with E-state index < -0.39 is 0 Å². The van der Waals surface area contributed by atoms with Crippen molar-refractivity contribution in [2.45, 2.75) is 26.7 Å². The largest absolute Gasteiger partial charge is 0.236 e. The molecular formula is C15H16BrClN2. The molecule has 4 heteroatoms. The first-order valence-electron chi connectivity index (χ1n) is 6.31. The number of benzene rings is 1. The topological polar surface area (TPSA) is 25.8 Å². The van der Waals surface area contributed by atoms with Crippen LogP contribution < -0.4 is 0 Å². The maximum Gasteiger partial charge on any atom is 0.147 e. The monoisotopic (exact) mass is 338 g/mol. The number of hydrogen-bond donors (Lipinski definition) is 0. The van der Waals surface area contributed by atoms with Crippen LogP contribution in [0.4, 0.5) is 0 Å². The van der Waals surface area contributed by atoms with Crippen molar-refractivity contribution in [3.8, 4) is 0 Å². The Morgan fingerprint density at radius 3 is 2.47 bits per heavy atom. The number of halogens is 2. The molecule has 1 aromatic heterocycles. The van der Waals surface area contributed by atoms with E-state index in [1.807, 2.05) is 18.2 Å². The molecule has 0 unspecified atom stereocenters. The van der Waals surface area contributed by atoms with Gasteiger partial charge in [-0.1, -0.05) is 55.8 Å². The molecule has 0 aliphatic heterocycles. The number of hydrogen-bond acceptors (Lipinski definition) is 2. The highest BCUT2D eigenvalue weighted by Gasteiger charge is 2.12.